The first-order valence-electron chi connectivity index (χ1n) is 6.61. The summed E-state index contributed by atoms with van der Waals surface area (Å²) in [7, 11) is 1.74. The molecule has 0 saturated heterocycles. The highest BCUT2D eigenvalue weighted by atomic mass is 16.5. The number of rotatable bonds is 6. The summed E-state index contributed by atoms with van der Waals surface area (Å²) in [6.07, 6.45) is 2.05. The molecule has 1 heterocycles. The quantitative estimate of drug-likeness (QED) is 0.786. The SMILES string of the molecule is COCCCNCc1ccc2c(c1)CC(C)(C)O2. The second kappa shape index (κ2) is 5.72. The van der Waals surface area contributed by atoms with Crippen LogP contribution in [0.25, 0.3) is 0 Å². The average molecular weight is 249 g/mol. The molecule has 0 radical (unpaired) electrons. The summed E-state index contributed by atoms with van der Waals surface area (Å²) >= 11 is 0. The number of nitrogens with one attached hydrogen (secondary N) is 1. The molecule has 0 aromatic heterocycles. The Kier molecular flexibility index (Phi) is 4.25. The Bertz CT molecular complexity index is 401. The molecule has 1 aliphatic rings. The van der Waals surface area contributed by atoms with Crippen molar-refractivity contribution in [3.8, 4) is 5.75 Å². The zero-order valence-electron chi connectivity index (χ0n) is 11.6. The third kappa shape index (κ3) is 3.47. The maximum absolute atomic E-state index is 5.87. The van der Waals surface area contributed by atoms with E-state index in [0.717, 1.165) is 38.3 Å². The summed E-state index contributed by atoms with van der Waals surface area (Å²) in [5, 5.41) is 3.43. The third-order valence-electron chi connectivity index (χ3n) is 3.16. The molecule has 0 fully saturated rings. The Morgan fingerprint density at radius 3 is 3.00 bits per heavy atom. The Morgan fingerprint density at radius 2 is 2.22 bits per heavy atom. The number of fused-ring (bicyclic) bond motifs is 1. The van der Waals surface area contributed by atoms with Crippen LogP contribution in [-0.4, -0.2) is 25.9 Å². The van der Waals surface area contributed by atoms with Crippen molar-refractivity contribution in [3.05, 3.63) is 29.3 Å². The molecular weight excluding hydrogens is 226 g/mol. The van der Waals surface area contributed by atoms with E-state index in [1.807, 2.05) is 0 Å². The molecular formula is C15H23NO2. The largest absolute Gasteiger partial charge is 0.487 e. The Hall–Kier alpha value is -1.06. The molecule has 0 atom stereocenters. The molecule has 100 valence electrons. The first kappa shape index (κ1) is 13.4. The number of hydrogen-bond donors (Lipinski definition) is 1. The van der Waals surface area contributed by atoms with E-state index in [-0.39, 0.29) is 5.60 Å². The minimum Gasteiger partial charge on any atom is -0.487 e. The van der Waals surface area contributed by atoms with Crippen molar-refractivity contribution in [1.29, 1.82) is 0 Å². The first-order valence-corrected chi connectivity index (χ1v) is 6.61. The molecule has 0 spiro atoms. The van der Waals surface area contributed by atoms with E-state index in [4.69, 9.17) is 9.47 Å². The van der Waals surface area contributed by atoms with Crippen LogP contribution < -0.4 is 10.1 Å². The normalized spacial score (nSPS) is 16.4. The van der Waals surface area contributed by atoms with Crippen LogP contribution in [0.5, 0.6) is 5.75 Å². The maximum atomic E-state index is 5.87. The van der Waals surface area contributed by atoms with Crippen LogP contribution in [0.4, 0.5) is 0 Å². The lowest BCUT2D eigenvalue weighted by Gasteiger charge is -2.16. The van der Waals surface area contributed by atoms with Gasteiger partial charge in [0.25, 0.3) is 0 Å². The van der Waals surface area contributed by atoms with Crippen molar-refractivity contribution in [3.63, 3.8) is 0 Å². The summed E-state index contributed by atoms with van der Waals surface area (Å²) in [5.74, 6) is 1.04. The Balaban J connectivity index is 1.85. The number of ether oxygens (including phenoxy) is 2. The molecule has 0 saturated carbocycles. The van der Waals surface area contributed by atoms with E-state index in [1.54, 1.807) is 7.11 Å². The van der Waals surface area contributed by atoms with Gasteiger partial charge in [0.15, 0.2) is 0 Å². The maximum Gasteiger partial charge on any atom is 0.123 e. The van der Waals surface area contributed by atoms with Gasteiger partial charge in [-0.15, -0.1) is 0 Å². The topological polar surface area (TPSA) is 30.5 Å². The minimum atomic E-state index is -0.0488. The van der Waals surface area contributed by atoms with Gasteiger partial charge in [-0.3, -0.25) is 0 Å². The first-order chi connectivity index (χ1) is 8.61. The molecule has 0 amide bonds. The van der Waals surface area contributed by atoms with Crippen molar-refractivity contribution in [2.45, 2.75) is 38.8 Å². The smallest absolute Gasteiger partial charge is 0.123 e. The molecule has 1 N–H and O–H groups in total. The van der Waals surface area contributed by atoms with E-state index in [1.165, 1.54) is 11.1 Å². The van der Waals surface area contributed by atoms with Crippen molar-refractivity contribution in [2.24, 2.45) is 0 Å². The molecule has 0 unspecified atom stereocenters. The van der Waals surface area contributed by atoms with Gasteiger partial charge in [0.05, 0.1) is 0 Å². The molecule has 18 heavy (non-hydrogen) atoms. The van der Waals surface area contributed by atoms with Gasteiger partial charge in [0.2, 0.25) is 0 Å². The summed E-state index contributed by atoms with van der Waals surface area (Å²) in [6.45, 7) is 6.99. The van der Waals surface area contributed by atoms with E-state index in [2.05, 4.69) is 37.4 Å². The van der Waals surface area contributed by atoms with E-state index >= 15 is 0 Å². The molecule has 1 aliphatic heterocycles. The van der Waals surface area contributed by atoms with Gasteiger partial charge in [-0.2, -0.15) is 0 Å². The van der Waals surface area contributed by atoms with Gasteiger partial charge < -0.3 is 14.8 Å². The summed E-state index contributed by atoms with van der Waals surface area (Å²) in [5.41, 5.74) is 2.61. The zero-order chi connectivity index (χ0) is 13.0. The second-order valence-electron chi connectivity index (χ2n) is 5.50. The summed E-state index contributed by atoms with van der Waals surface area (Å²) < 4.78 is 10.9. The fourth-order valence-corrected chi connectivity index (χ4v) is 2.35. The van der Waals surface area contributed by atoms with Crippen LogP contribution in [0, 0.1) is 0 Å². The fraction of sp³-hybridized carbons (Fsp3) is 0.600. The highest BCUT2D eigenvalue weighted by Crippen LogP contribution is 2.35. The fourth-order valence-electron chi connectivity index (χ4n) is 2.35. The lowest BCUT2D eigenvalue weighted by molar-refractivity contribution is 0.138. The number of benzene rings is 1. The number of methoxy groups -OCH3 is 1. The molecule has 2 rings (SSSR count). The molecule has 3 nitrogen and oxygen atoms in total. The van der Waals surface area contributed by atoms with Gasteiger partial charge in [-0.25, -0.2) is 0 Å². The van der Waals surface area contributed by atoms with Gasteiger partial charge >= 0.3 is 0 Å². The number of hydrogen-bond acceptors (Lipinski definition) is 3. The lowest BCUT2D eigenvalue weighted by atomic mass is 10.0. The molecule has 0 bridgehead atoms. The van der Waals surface area contributed by atoms with Crippen molar-refractivity contribution in [1.82, 2.24) is 5.32 Å². The van der Waals surface area contributed by atoms with Crippen molar-refractivity contribution in [2.75, 3.05) is 20.3 Å². The molecule has 0 aliphatic carbocycles. The van der Waals surface area contributed by atoms with Gasteiger partial charge in [0, 0.05) is 26.7 Å². The van der Waals surface area contributed by atoms with Crippen molar-refractivity contribution < 1.29 is 9.47 Å². The zero-order valence-corrected chi connectivity index (χ0v) is 11.6. The van der Waals surface area contributed by atoms with Crippen LogP contribution in [-0.2, 0) is 17.7 Å². The van der Waals surface area contributed by atoms with Gasteiger partial charge in [-0.1, -0.05) is 12.1 Å². The van der Waals surface area contributed by atoms with Crippen LogP contribution in [0.15, 0.2) is 18.2 Å². The molecule has 1 aromatic rings. The lowest BCUT2D eigenvalue weighted by Crippen LogP contribution is -2.24. The third-order valence-corrected chi connectivity index (χ3v) is 3.16. The molecule has 3 heteroatoms. The highest BCUT2D eigenvalue weighted by molar-refractivity contribution is 5.41. The van der Waals surface area contributed by atoms with Crippen LogP contribution in [0.3, 0.4) is 0 Å². The average Bonchev–Trinajstić information content (AvgIpc) is 2.62. The highest BCUT2D eigenvalue weighted by Gasteiger charge is 2.29. The predicted molar refractivity (Wildman–Crippen MR) is 73.1 cm³/mol. The second-order valence-corrected chi connectivity index (χ2v) is 5.50. The van der Waals surface area contributed by atoms with Gasteiger partial charge in [0.1, 0.15) is 11.4 Å². The van der Waals surface area contributed by atoms with E-state index < -0.39 is 0 Å². The van der Waals surface area contributed by atoms with E-state index in [9.17, 15) is 0 Å². The van der Waals surface area contributed by atoms with Crippen LogP contribution in [0.2, 0.25) is 0 Å². The summed E-state index contributed by atoms with van der Waals surface area (Å²) in [4.78, 5) is 0. The van der Waals surface area contributed by atoms with Crippen LogP contribution >= 0.6 is 0 Å². The summed E-state index contributed by atoms with van der Waals surface area (Å²) in [6, 6.07) is 6.49. The minimum absolute atomic E-state index is 0.0488. The Morgan fingerprint density at radius 1 is 1.39 bits per heavy atom. The standard InChI is InChI=1S/C15H23NO2/c1-15(2)10-13-9-12(5-6-14(13)18-15)11-16-7-4-8-17-3/h5-6,9,16H,4,7-8,10-11H2,1-3H3. The van der Waals surface area contributed by atoms with Gasteiger partial charge in [-0.05, 0) is 44.0 Å². The monoisotopic (exact) mass is 249 g/mol. The van der Waals surface area contributed by atoms with Crippen molar-refractivity contribution >= 4 is 0 Å². The van der Waals surface area contributed by atoms with Crippen LogP contribution in [0.1, 0.15) is 31.4 Å². The Labute approximate surface area is 109 Å². The molecule has 1 aromatic carbocycles. The predicted octanol–water partition coefficient (Wildman–Crippen LogP) is 2.53. The van der Waals surface area contributed by atoms with E-state index in [0.29, 0.717) is 0 Å².